The molecular weight excluding hydrogens is 496 g/mol. The molecule has 1 aliphatic carbocycles. The van der Waals surface area contributed by atoms with Gasteiger partial charge in [0.2, 0.25) is 5.69 Å². The first kappa shape index (κ1) is 23.4. The monoisotopic (exact) mass is 518 g/mol. The molecule has 2 aromatic heterocycles. The van der Waals surface area contributed by atoms with Crippen molar-refractivity contribution in [2.45, 2.75) is 45.1 Å². The number of aromatic nitrogens is 2. The van der Waals surface area contributed by atoms with Crippen LogP contribution >= 0.6 is 11.6 Å². The number of rotatable bonds is 6. The van der Waals surface area contributed by atoms with Crippen LogP contribution in [-0.2, 0) is 19.4 Å². The van der Waals surface area contributed by atoms with E-state index in [9.17, 15) is 15.1 Å². The summed E-state index contributed by atoms with van der Waals surface area (Å²) in [6.07, 6.45) is 2.98. The lowest BCUT2D eigenvalue weighted by atomic mass is 10.0. The average Bonchev–Trinajstić information content (AvgIpc) is 3.66. The molecule has 0 amide bonds. The molecule has 0 saturated heterocycles. The Morgan fingerprint density at radius 3 is 2.78 bits per heavy atom. The summed E-state index contributed by atoms with van der Waals surface area (Å²) in [5, 5.41) is 27.5. The van der Waals surface area contributed by atoms with Gasteiger partial charge in [-0.15, -0.1) is 4.73 Å². The number of halogens is 1. The largest absolute Gasteiger partial charge is 0.616 e. The highest BCUT2D eigenvalue weighted by atomic mass is 35.5. The molecule has 0 atom stereocenters. The van der Waals surface area contributed by atoms with Gasteiger partial charge >= 0.3 is 11.8 Å². The number of ether oxygens (including phenoxy) is 2. The molecule has 2 aromatic carbocycles. The van der Waals surface area contributed by atoms with Gasteiger partial charge in [-0.1, -0.05) is 35.0 Å². The standard InChI is InChI=1S/C28H23ClN2O6/c1-15-3-2-4-20(29)25(15)26-19(27(37-30-26)17-6-7-17)14-35-24-12-11-22-21(31(24)34)10-9-16-5-8-18(28(32)33)13-23(16)36-22/h2-5,8,11-13,17H,6-7,9-10,14H2,1H3,(H,32,33). The quantitative estimate of drug-likeness (QED) is 0.247. The minimum Gasteiger partial charge on any atom is -0.616 e. The first-order chi connectivity index (χ1) is 17.9. The van der Waals surface area contributed by atoms with Gasteiger partial charge in [0.25, 0.3) is 0 Å². The van der Waals surface area contributed by atoms with Crippen LogP contribution in [0.3, 0.4) is 0 Å². The summed E-state index contributed by atoms with van der Waals surface area (Å²) in [5.74, 6) is 0.963. The highest BCUT2D eigenvalue weighted by molar-refractivity contribution is 6.33. The number of nitrogens with zero attached hydrogens (tertiary/aromatic N) is 2. The van der Waals surface area contributed by atoms with Crippen molar-refractivity contribution >= 4 is 17.6 Å². The summed E-state index contributed by atoms with van der Waals surface area (Å²) in [4.78, 5) is 11.4. The Labute approximate surface area is 217 Å². The molecule has 0 unspecified atom stereocenters. The minimum absolute atomic E-state index is 0.0966. The first-order valence-corrected chi connectivity index (χ1v) is 12.4. The molecular formula is C28H23ClN2O6. The van der Waals surface area contributed by atoms with Gasteiger partial charge in [0.05, 0.1) is 22.2 Å². The number of carboxylic acids is 1. The summed E-state index contributed by atoms with van der Waals surface area (Å²) >= 11 is 6.52. The molecule has 1 fully saturated rings. The van der Waals surface area contributed by atoms with Gasteiger partial charge in [-0.05, 0) is 61.6 Å². The number of aryl methyl sites for hydroxylation is 2. The molecule has 8 nitrogen and oxygen atoms in total. The molecule has 0 spiro atoms. The maximum absolute atomic E-state index is 13.3. The molecule has 6 rings (SSSR count). The molecule has 188 valence electrons. The van der Waals surface area contributed by atoms with Gasteiger partial charge in [-0.3, -0.25) is 0 Å². The number of hydrogen-bond acceptors (Lipinski definition) is 6. The number of fused-ring (bicyclic) bond motifs is 2. The van der Waals surface area contributed by atoms with Crippen molar-refractivity contribution in [3.63, 3.8) is 0 Å². The Balaban J connectivity index is 1.30. The summed E-state index contributed by atoms with van der Waals surface area (Å²) in [7, 11) is 0. The fraction of sp³-hybridized carbons (Fsp3) is 0.250. The van der Waals surface area contributed by atoms with E-state index in [0.717, 1.165) is 45.6 Å². The molecule has 1 saturated carbocycles. The van der Waals surface area contributed by atoms with Crippen LogP contribution in [0.2, 0.25) is 5.02 Å². The Hall–Kier alpha value is -4.04. The summed E-state index contributed by atoms with van der Waals surface area (Å²) in [6.45, 7) is 2.06. The predicted molar refractivity (Wildman–Crippen MR) is 134 cm³/mol. The number of hydrogen-bond donors (Lipinski definition) is 1. The Bertz CT molecular complexity index is 1520. The Kier molecular flexibility index (Phi) is 5.76. The third-order valence-corrected chi connectivity index (χ3v) is 7.18. The van der Waals surface area contributed by atoms with E-state index in [0.29, 0.717) is 40.8 Å². The number of benzene rings is 2. The van der Waals surface area contributed by atoms with Crippen LogP contribution in [0, 0.1) is 12.1 Å². The van der Waals surface area contributed by atoms with Gasteiger partial charge in [0, 0.05) is 17.9 Å². The molecule has 2 aliphatic rings. The number of carbonyl (C=O) groups is 1. The van der Waals surface area contributed by atoms with E-state index in [1.165, 1.54) is 12.1 Å². The van der Waals surface area contributed by atoms with Crippen molar-refractivity contribution < 1.29 is 28.6 Å². The molecule has 4 aromatic rings. The van der Waals surface area contributed by atoms with Crippen LogP contribution < -0.4 is 14.2 Å². The van der Waals surface area contributed by atoms with E-state index in [1.54, 1.807) is 18.2 Å². The van der Waals surface area contributed by atoms with Crippen molar-refractivity contribution in [1.82, 2.24) is 5.16 Å². The minimum atomic E-state index is -1.04. The third kappa shape index (κ3) is 4.27. The SMILES string of the molecule is Cc1cccc(Cl)c1-c1noc(C2CC2)c1COc1ccc2c([n+]1[O-])CCc1ccc(C(=O)O)cc1O2. The first-order valence-electron chi connectivity index (χ1n) is 12.1. The molecule has 9 heteroatoms. The third-order valence-electron chi connectivity index (χ3n) is 6.86. The fourth-order valence-electron chi connectivity index (χ4n) is 4.73. The van der Waals surface area contributed by atoms with Crippen LogP contribution in [0.4, 0.5) is 0 Å². The van der Waals surface area contributed by atoms with Crippen LogP contribution in [0.1, 0.15) is 57.3 Å². The zero-order valence-electron chi connectivity index (χ0n) is 20.0. The second kappa shape index (κ2) is 9.12. The van der Waals surface area contributed by atoms with Gasteiger partial charge in [-0.25, -0.2) is 4.79 Å². The van der Waals surface area contributed by atoms with Crippen molar-refractivity contribution in [2.75, 3.05) is 0 Å². The van der Waals surface area contributed by atoms with Crippen LogP contribution in [-0.4, -0.2) is 16.2 Å². The molecule has 0 bridgehead atoms. The normalized spacial score (nSPS) is 14.3. The topological polar surface area (TPSA) is 109 Å². The maximum atomic E-state index is 13.3. The second-order valence-corrected chi connectivity index (χ2v) is 9.78. The van der Waals surface area contributed by atoms with E-state index < -0.39 is 5.97 Å². The maximum Gasteiger partial charge on any atom is 0.380 e. The lowest BCUT2D eigenvalue weighted by Gasteiger charge is -2.13. The van der Waals surface area contributed by atoms with Crippen LogP contribution in [0.5, 0.6) is 17.4 Å². The Morgan fingerprint density at radius 1 is 1.19 bits per heavy atom. The van der Waals surface area contributed by atoms with E-state index in [-0.39, 0.29) is 24.0 Å². The zero-order valence-corrected chi connectivity index (χ0v) is 20.7. The van der Waals surface area contributed by atoms with E-state index in [4.69, 9.17) is 25.6 Å². The van der Waals surface area contributed by atoms with Crippen molar-refractivity contribution in [3.05, 3.63) is 92.5 Å². The van der Waals surface area contributed by atoms with Crippen LogP contribution in [0.15, 0.2) is 53.1 Å². The van der Waals surface area contributed by atoms with E-state index in [1.807, 2.05) is 25.1 Å². The molecule has 3 heterocycles. The number of pyridine rings is 1. The lowest BCUT2D eigenvalue weighted by Crippen LogP contribution is -2.34. The number of carboxylic acid groups (broad SMARTS) is 1. The van der Waals surface area contributed by atoms with Crippen LogP contribution in [0.25, 0.3) is 11.3 Å². The van der Waals surface area contributed by atoms with Gasteiger partial charge < -0.3 is 24.3 Å². The summed E-state index contributed by atoms with van der Waals surface area (Å²) in [5.41, 5.74) is 4.56. The van der Waals surface area contributed by atoms with Crippen molar-refractivity contribution in [3.8, 4) is 28.6 Å². The van der Waals surface area contributed by atoms with Crippen molar-refractivity contribution in [2.24, 2.45) is 0 Å². The van der Waals surface area contributed by atoms with Gasteiger partial charge in [0.15, 0.2) is 5.75 Å². The predicted octanol–water partition coefficient (Wildman–Crippen LogP) is 5.98. The molecule has 1 N–H and O–H groups in total. The van der Waals surface area contributed by atoms with Crippen molar-refractivity contribution in [1.29, 1.82) is 0 Å². The summed E-state index contributed by atoms with van der Waals surface area (Å²) in [6, 6.07) is 13.6. The zero-order chi connectivity index (χ0) is 25.7. The highest BCUT2D eigenvalue weighted by Crippen LogP contribution is 2.45. The van der Waals surface area contributed by atoms with Gasteiger partial charge in [0.1, 0.15) is 23.8 Å². The Morgan fingerprint density at radius 2 is 2.03 bits per heavy atom. The lowest BCUT2D eigenvalue weighted by molar-refractivity contribution is -0.621. The average molecular weight is 519 g/mol. The van der Waals surface area contributed by atoms with Gasteiger partial charge in [-0.2, -0.15) is 0 Å². The van der Waals surface area contributed by atoms with E-state index in [2.05, 4.69) is 5.16 Å². The molecule has 37 heavy (non-hydrogen) atoms. The number of aromatic carboxylic acids is 1. The smallest absolute Gasteiger partial charge is 0.380 e. The highest BCUT2D eigenvalue weighted by Gasteiger charge is 2.34. The summed E-state index contributed by atoms with van der Waals surface area (Å²) < 4.78 is 18.5. The molecule has 1 aliphatic heterocycles. The second-order valence-electron chi connectivity index (χ2n) is 9.38. The molecule has 0 radical (unpaired) electrons. The van der Waals surface area contributed by atoms with E-state index >= 15 is 0 Å². The fourth-order valence-corrected chi connectivity index (χ4v) is 5.04.